The summed E-state index contributed by atoms with van der Waals surface area (Å²) in [6.07, 6.45) is 14.2. The Morgan fingerprint density at radius 3 is 2.32 bits per heavy atom. The summed E-state index contributed by atoms with van der Waals surface area (Å²) in [5.74, 6) is 0.763. The fourth-order valence-corrected chi connectivity index (χ4v) is 3.05. The molecular weight excluding hydrogens is 234 g/mol. The normalized spacial score (nSPS) is 23.1. The minimum atomic E-state index is 0.520. The Hall–Kier alpha value is -0.0800. The molecule has 0 aliphatic carbocycles. The van der Waals surface area contributed by atoms with E-state index in [0.717, 1.165) is 19.1 Å². The molecule has 19 heavy (non-hydrogen) atoms. The molecule has 2 nitrogen and oxygen atoms in total. The van der Waals surface area contributed by atoms with Gasteiger partial charge in [0.2, 0.25) is 0 Å². The van der Waals surface area contributed by atoms with Gasteiger partial charge in [-0.15, -0.1) is 0 Å². The van der Waals surface area contributed by atoms with Crippen molar-refractivity contribution in [3.05, 3.63) is 0 Å². The Balaban J connectivity index is 1.81. The molecule has 0 aromatic carbocycles. The van der Waals surface area contributed by atoms with Gasteiger partial charge < -0.3 is 10.1 Å². The van der Waals surface area contributed by atoms with Crippen molar-refractivity contribution in [3.8, 4) is 0 Å². The molecule has 0 spiro atoms. The lowest BCUT2D eigenvalue weighted by molar-refractivity contribution is 0.0873. The zero-order chi connectivity index (χ0) is 13.8. The number of hydrogen-bond donors (Lipinski definition) is 1. The van der Waals surface area contributed by atoms with Crippen molar-refractivity contribution in [2.45, 2.75) is 84.2 Å². The van der Waals surface area contributed by atoms with Crippen LogP contribution in [-0.2, 0) is 4.74 Å². The number of hydrogen-bond acceptors (Lipinski definition) is 2. The molecule has 1 heterocycles. The highest BCUT2D eigenvalue weighted by Gasteiger charge is 2.25. The summed E-state index contributed by atoms with van der Waals surface area (Å²) in [6.45, 7) is 7.85. The highest BCUT2D eigenvalue weighted by Crippen LogP contribution is 2.22. The van der Waals surface area contributed by atoms with E-state index in [0.29, 0.717) is 6.10 Å². The summed E-state index contributed by atoms with van der Waals surface area (Å²) in [5, 5.41) is 3.62. The van der Waals surface area contributed by atoms with E-state index < -0.39 is 0 Å². The van der Waals surface area contributed by atoms with Crippen molar-refractivity contribution in [2.24, 2.45) is 5.92 Å². The van der Waals surface area contributed by atoms with Gasteiger partial charge in [-0.3, -0.25) is 0 Å². The average Bonchev–Trinajstić information content (AvgIpc) is 2.88. The summed E-state index contributed by atoms with van der Waals surface area (Å²) in [4.78, 5) is 0. The molecule has 1 fully saturated rings. The summed E-state index contributed by atoms with van der Waals surface area (Å²) in [7, 11) is 0. The Labute approximate surface area is 120 Å². The third kappa shape index (κ3) is 7.94. The van der Waals surface area contributed by atoms with Crippen LogP contribution in [0.1, 0.15) is 78.1 Å². The lowest BCUT2D eigenvalue weighted by Crippen LogP contribution is -2.28. The Morgan fingerprint density at radius 1 is 0.947 bits per heavy atom. The molecule has 0 amide bonds. The molecule has 2 unspecified atom stereocenters. The smallest absolute Gasteiger partial charge is 0.0613 e. The first kappa shape index (κ1) is 17.0. The fourth-order valence-electron chi connectivity index (χ4n) is 3.05. The molecule has 0 bridgehead atoms. The summed E-state index contributed by atoms with van der Waals surface area (Å²) < 4.78 is 5.72. The molecule has 1 aliphatic rings. The van der Waals surface area contributed by atoms with Crippen LogP contribution in [0.15, 0.2) is 0 Å². The molecule has 2 atom stereocenters. The average molecular weight is 269 g/mol. The third-order valence-electron chi connectivity index (χ3n) is 4.36. The van der Waals surface area contributed by atoms with Crippen LogP contribution in [0.4, 0.5) is 0 Å². The molecule has 0 aromatic heterocycles. The highest BCUT2D eigenvalue weighted by atomic mass is 16.5. The van der Waals surface area contributed by atoms with Crippen molar-refractivity contribution in [1.82, 2.24) is 5.32 Å². The zero-order valence-corrected chi connectivity index (χ0v) is 13.3. The van der Waals surface area contributed by atoms with Gasteiger partial charge in [-0.2, -0.15) is 0 Å². The highest BCUT2D eigenvalue weighted by molar-refractivity contribution is 4.76. The lowest BCUT2D eigenvalue weighted by atomic mass is 9.99. The zero-order valence-electron chi connectivity index (χ0n) is 13.3. The second-order valence-corrected chi connectivity index (χ2v) is 6.05. The Kier molecular flexibility index (Phi) is 10.5. The van der Waals surface area contributed by atoms with Gasteiger partial charge in [0.15, 0.2) is 0 Å². The van der Waals surface area contributed by atoms with E-state index in [9.17, 15) is 0 Å². The molecule has 0 radical (unpaired) electrons. The van der Waals surface area contributed by atoms with Crippen LogP contribution in [-0.4, -0.2) is 25.8 Å². The minimum absolute atomic E-state index is 0.520. The van der Waals surface area contributed by atoms with Crippen molar-refractivity contribution in [1.29, 1.82) is 0 Å². The van der Waals surface area contributed by atoms with Crippen LogP contribution in [0.5, 0.6) is 0 Å². The van der Waals surface area contributed by atoms with Gasteiger partial charge >= 0.3 is 0 Å². The van der Waals surface area contributed by atoms with E-state index in [-0.39, 0.29) is 0 Å². The first-order valence-electron chi connectivity index (χ1n) is 8.70. The topological polar surface area (TPSA) is 21.3 Å². The second-order valence-electron chi connectivity index (χ2n) is 6.05. The summed E-state index contributed by atoms with van der Waals surface area (Å²) >= 11 is 0. The molecule has 1 saturated heterocycles. The number of rotatable bonds is 12. The first-order chi connectivity index (χ1) is 9.38. The SMILES string of the molecule is CCCCCCCCCCNCC1CCOC1CC. The van der Waals surface area contributed by atoms with E-state index in [4.69, 9.17) is 4.74 Å². The molecular formula is C17H35NO. The van der Waals surface area contributed by atoms with Crippen molar-refractivity contribution in [2.75, 3.05) is 19.7 Å². The van der Waals surface area contributed by atoms with Gasteiger partial charge in [0.25, 0.3) is 0 Å². The van der Waals surface area contributed by atoms with Crippen LogP contribution in [0, 0.1) is 5.92 Å². The lowest BCUT2D eigenvalue weighted by Gasteiger charge is -2.17. The van der Waals surface area contributed by atoms with Crippen molar-refractivity contribution in [3.63, 3.8) is 0 Å². The number of ether oxygens (including phenoxy) is 1. The molecule has 114 valence electrons. The van der Waals surface area contributed by atoms with E-state index in [2.05, 4.69) is 19.2 Å². The first-order valence-corrected chi connectivity index (χ1v) is 8.70. The standard InChI is InChI=1S/C17H35NO/c1-3-5-6-7-8-9-10-11-13-18-15-16-12-14-19-17(16)4-2/h16-18H,3-15H2,1-2H3. The Morgan fingerprint density at radius 2 is 1.63 bits per heavy atom. The largest absolute Gasteiger partial charge is 0.378 e. The van der Waals surface area contributed by atoms with E-state index >= 15 is 0 Å². The van der Waals surface area contributed by atoms with Gasteiger partial charge in [-0.25, -0.2) is 0 Å². The monoisotopic (exact) mass is 269 g/mol. The predicted molar refractivity (Wildman–Crippen MR) is 83.6 cm³/mol. The molecule has 1 rings (SSSR count). The van der Waals surface area contributed by atoms with Crippen LogP contribution in [0.3, 0.4) is 0 Å². The van der Waals surface area contributed by atoms with Crippen molar-refractivity contribution >= 4 is 0 Å². The van der Waals surface area contributed by atoms with Crippen LogP contribution < -0.4 is 5.32 Å². The quantitative estimate of drug-likeness (QED) is 0.525. The van der Waals surface area contributed by atoms with E-state index in [1.807, 2.05) is 0 Å². The summed E-state index contributed by atoms with van der Waals surface area (Å²) in [6, 6.07) is 0. The molecule has 1 N–H and O–H groups in total. The van der Waals surface area contributed by atoms with E-state index in [1.165, 1.54) is 70.8 Å². The van der Waals surface area contributed by atoms with Gasteiger partial charge in [0, 0.05) is 13.2 Å². The maximum Gasteiger partial charge on any atom is 0.0613 e. The third-order valence-corrected chi connectivity index (χ3v) is 4.36. The Bertz CT molecular complexity index is 196. The van der Waals surface area contributed by atoms with Crippen LogP contribution in [0.25, 0.3) is 0 Å². The van der Waals surface area contributed by atoms with Gasteiger partial charge in [0.05, 0.1) is 6.10 Å². The van der Waals surface area contributed by atoms with Crippen molar-refractivity contribution < 1.29 is 4.74 Å². The molecule has 0 saturated carbocycles. The van der Waals surface area contributed by atoms with Crippen LogP contribution in [0.2, 0.25) is 0 Å². The van der Waals surface area contributed by atoms with Gasteiger partial charge in [0.1, 0.15) is 0 Å². The summed E-state index contributed by atoms with van der Waals surface area (Å²) in [5.41, 5.74) is 0. The second kappa shape index (κ2) is 11.7. The predicted octanol–water partition coefficient (Wildman–Crippen LogP) is 4.53. The number of unbranched alkanes of at least 4 members (excludes halogenated alkanes) is 7. The van der Waals surface area contributed by atoms with Gasteiger partial charge in [-0.05, 0) is 31.7 Å². The van der Waals surface area contributed by atoms with Crippen LogP contribution >= 0.6 is 0 Å². The molecule has 2 heteroatoms. The van der Waals surface area contributed by atoms with E-state index in [1.54, 1.807) is 0 Å². The minimum Gasteiger partial charge on any atom is -0.378 e. The molecule has 0 aromatic rings. The maximum absolute atomic E-state index is 5.72. The number of nitrogens with one attached hydrogen (secondary N) is 1. The van der Waals surface area contributed by atoms with Gasteiger partial charge in [-0.1, -0.05) is 58.8 Å². The molecule has 1 aliphatic heterocycles. The fraction of sp³-hybridized carbons (Fsp3) is 1.00. The maximum atomic E-state index is 5.72.